The fraction of sp³-hybridized carbons (Fsp3) is 0.613. The second kappa shape index (κ2) is 29.4. The number of hydrogen-bond acceptors (Lipinski definition) is 21. The van der Waals surface area contributed by atoms with Gasteiger partial charge >= 0.3 is 0 Å². The lowest BCUT2D eigenvalue weighted by Crippen LogP contribution is -2.52. The van der Waals surface area contributed by atoms with Crippen molar-refractivity contribution in [2.75, 3.05) is 132 Å². The third-order valence-corrected chi connectivity index (χ3v) is 26.0. The van der Waals surface area contributed by atoms with Crippen molar-refractivity contribution < 1.29 is 19.1 Å². The number of Topliss-reactive ketones (excluding diaryl/α,β-unsaturated/α-hetero) is 3. The smallest absolute Gasteiger partial charge is 0.230 e. The second-order valence-electron chi connectivity index (χ2n) is 32.6. The first-order valence-electron chi connectivity index (χ1n) is 39.7. The second-order valence-corrected chi connectivity index (χ2v) is 32.6. The molecule has 550 valence electrons. The minimum atomic E-state index is -0.0753. The number of carbonyl (C=O) groups excluding carboxylic acids is 3. The third-order valence-electron chi connectivity index (χ3n) is 26.0. The first-order valence-corrected chi connectivity index (χ1v) is 39.7. The number of carbonyl (C=O) groups is 3. The van der Waals surface area contributed by atoms with Crippen molar-refractivity contribution in [2.24, 2.45) is 5.92 Å². The molecule has 3 saturated heterocycles. The molecule has 104 heavy (non-hydrogen) atoms. The number of pyridine rings is 2. The predicted molar refractivity (Wildman–Crippen MR) is 407 cm³/mol. The molecule has 11 aliphatic rings. The number of ketones is 3. The van der Waals surface area contributed by atoms with Crippen LogP contribution in [0.25, 0.3) is 33.1 Å². The highest BCUT2D eigenvalue weighted by Gasteiger charge is 2.46. The highest BCUT2D eigenvalue weighted by Crippen LogP contribution is 2.49. The molecule has 0 bridgehead atoms. The number of piperazine rings is 3. The highest BCUT2D eigenvalue weighted by molar-refractivity contribution is 6.02. The molecule has 3 spiro atoms. The van der Waals surface area contributed by atoms with Crippen LogP contribution in [0.15, 0.2) is 73.4 Å². The summed E-state index contributed by atoms with van der Waals surface area (Å²) in [4.78, 5) is 91.0. The molecular weight excluding hydrogens is 1310 g/mol. The van der Waals surface area contributed by atoms with Crippen molar-refractivity contribution in [1.82, 2.24) is 73.2 Å². The van der Waals surface area contributed by atoms with Gasteiger partial charge in [-0.3, -0.25) is 19.3 Å². The molecule has 0 radical (unpaired) electrons. The zero-order valence-electron chi connectivity index (χ0n) is 61.6. The molecule has 14 heterocycles. The Morgan fingerprint density at radius 1 is 0.442 bits per heavy atom. The van der Waals surface area contributed by atoms with E-state index in [2.05, 4.69) is 110 Å². The van der Waals surface area contributed by atoms with Gasteiger partial charge in [-0.05, 0) is 172 Å². The summed E-state index contributed by atoms with van der Waals surface area (Å²) in [6.07, 6.45) is 38.3. The van der Waals surface area contributed by atoms with Crippen LogP contribution in [0, 0.1) is 5.92 Å². The van der Waals surface area contributed by atoms with E-state index in [4.69, 9.17) is 19.7 Å². The van der Waals surface area contributed by atoms with Crippen molar-refractivity contribution in [3.8, 4) is 0 Å². The summed E-state index contributed by atoms with van der Waals surface area (Å²) in [6, 6.07) is 15.3. The van der Waals surface area contributed by atoms with E-state index in [0.29, 0.717) is 49.1 Å². The molecule has 24 heteroatoms. The minimum absolute atomic E-state index is 0.0251. The lowest BCUT2D eigenvalue weighted by atomic mass is 9.74. The molecule has 8 aromatic rings. The molecule has 5 saturated carbocycles. The lowest BCUT2D eigenvalue weighted by molar-refractivity contribution is 0.0238. The molecule has 5 aliphatic carbocycles. The summed E-state index contributed by atoms with van der Waals surface area (Å²) >= 11 is 0. The number of aromatic nitrogens is 11. The minimum Gasteiger partial charge on any atom is -0.381 e. The summed E-state index contributed by atoms with van der Waals surface area (Å²) in [7, 11) is 6.11. The van der Waals surface area contributed by atoms with Gasteiger partial charge in [0.25, 0.3) is 0 Å². The largest absolute Gasteiger partial charge is 0.381 e. The Kier molecular flexibility index (Phi) is 19.5. The average Bonchev–Trinajstić information content (AvgIpc) is 1.66. The van der Waals surface area contributed by atoms with Crippen LogP contribution >= 0.6 is 0 Å². The lowest BCUT2D eigenvalue weighted by Gasteiger charge is -2.44. The molecule has 8 aromatic heterocycles. The van der Waals surface area contributed by atoms with Gasteiger partial charge in [-0.2, -0.15) is 15.0 Å². The molecule has 8 fully saturated rings. The van der Waals surface area contributed by atoms with Crippen LogP contribution < -0.4 is 25.8 Å². The summed E-state index contributed by atoms with van der Waals surface area (Å²) in [5.41, 5.74) is 7.40. The first kappa shape index (κ1) is 69.0. The van der Waals surface area contributed by atoms with Gasteiger partial charge in [-0.25, -0.2) is 24.9 Å². The number of nitrogens with zero attached hydrogens (tertiary/aromatic N) is 17. The number of anilines is 7. The maximum Gasteiger partial charge on any atom is 0.230 e. The molecule has 19 rings (SSSR count). The van der Waals surface area contributed by atoms with Gasteiger partial charge in [0.1, 0.15) is 28.6 Å². The van der Waals surface area contributed by atoms with E-state index in [1.165, 1.54) is 123 Å². The Hall–Kier alpha value is -8.03. The van der Waals surface area contributed by atoms with Crippen LogP contribution in [0.1, 0.15) is 198 Å². The standard InChI is InChI=1S/C29H42N6O.C26H33N7O2.C25H31N7O/c36-26-10-13-29(11-2-1-3-12-29)35-25(26)18-22-19-30-28(32-27(22)35)31-23-6-8-24(9-7-23)34-16-14-33(15-17-34)20-21-4-5-21;1-31-11-13-32(14-12-31)19-3-4-23(27-17-19)29-25-28-16-18-15-21-22(34)7-10-26(33(21)24(18)30-25)8-5-20(35-2)6-9-26;1-30-11-13-31(14-12-30)19-5-6-22(26-17-19)28-24-27-16-18-15-20-21(33)7-10-25(8-3-2-4-9-25)32(20)23(18)29-24/h18-19,21,23-24H,1-17,20H2,(H,30,31,32);3-4,15-17,20H,5-14H2,1-2H3,(H,27,28,29,30);5-6,15-17H,2-4,7-14H2,1H3,(H,26,27,28,29). The van der Waals surface area contributed by atoms with E-state index < -0.39 is 0 Å². The van der Waals surface area contributed by atoms with Gasteiger partial charge in [0.05, 0.1) is 47.0 Å². The average molecular weight is 1410 g/mol. The Labute approximate surface area is 610 Å². The van der Waals surface area contributed by atoms with Gasteiger partial charge < -0.3 is 58.9 Å². The maximum absolute atomic E-state index is 12.8. The predicted octanol–water partition coefficient (Wildman–Crippen LogP) is 12.4. The van der Waals surface area contributed by atoms with Gasteiger partial charge in [0.15, 0.2) is 17.3 Å². The van der Waals surface area contributed by atoms with Crippen molar-refractivity contribution in [3.05, 3.63) is 90.5 Å². The van der Waals surface area contributed by atoms with Gasteiger partial charge in [-0.15, -0.1) is 0 Å². The van der Waals surface area contributed by atoms with Crippen molar-refractivity contribution in [1.29, 1.82) is 0 Å². The molecule has 3 N–H and O–H groups in total. The molecule has 0 aromatic carbocycles. The van der Waals surface area contributed by atoms with E-state index >= 15 is 0 Å². The number of rotatable bonds is 12. The van der Waals surface area contributed by atoms with Crippen LogP contribution in [-0.2, 0) is 21.4 Å². The van der Waals surface area contributed by atoms with Gasteiger partial charge in [-0.1, -0.05) is 38.5 Å². The Balaban J connectivity index is 0.000000116. The highest BCUT2D eigenvalue weighted by atomic mass is 16.5. The molecule has 0 unspecified atom stereocenters. The monoisotopic (exact) mass is 1410 g/mol. The summed E-state index contributed by atoms with van der Waals surface area (Å²) in [5.74, 6) is 4.88. The van der Waals surface area contributed by atoms with Crippen LogP contribution in [0.2, 0.25) is 0 Å². The Morgan fingerprint density at radius 2 is 0.865 bits per heavy atom. The SMILES string of the molecule is CN1CCN(c2ccc(Nc3ncc4cc5n(c4n3)C3(CCCCC3)CCC5=O)nc2)CC1.COC1CCC2(CCC(=O)c3cc4cnc(Nc5ccc(N6CCN(C)CC6)cn5)nc4n32)CC1.O=C1CCC2(CCCCC2)n2c1cc1cnc(NC3CCC(N4CCN(CC5CC5)CC4)CC3)nc12. The zero-order chi connectivity index (χ0) is 70.5. The molecule has 0 amide bonds. The Morgan fingerprint density at radius 3 is 1.28 bits per heavy atom. The van der Waals surface area contributed by atoms with Crippen molar-refractivity contribution >= 4 is 91.3 Å². The quantitative estimate of drug-likeness (QED) is 0.103. The van der Waals surface area contributed by atoms with E-state index in [0.717, 1.165) is 195 Å². The summed E-state index contributed by atoms with van der Waals surface area (Å²) in [5, 5.41) is 13.1. The van der Waals surface area contributed by atoms with Crippen molar-refractivity contribution in [3.63, 3.8) is 0 Å². The van der Waals surface area contributed by atoms with E-state index in [1.807, 2.05) is 61.3 Å². The molecular formula is C80H106N20O4. The topological polar surface area (TPSA) is 234 Å². The maximum atomic E-state index is 12.8. The van der Waals surface area contributed by atoms with Crippen LogP contribution in [0.3, 0.4) is 0 Å². The number of likely N-dealkylation sites (N-methyl/N-ethyl adjacent to an activating group) is 2. The first-order chi connectivity index (χ1) is 50.8. The van der Waals surface area contributed by atoms with E-state index in [1.54, 1.807) is 7.11 Å². The zero-order valence-corrected chi connectivity index (χ0v) is 61.6. The number of methoxy groups -OCH3 is 1. The number of ether oxygens (including phenoxy) is 1. The van der Waals surface area contributed by atoms with Crippen molar-refractivity contribution in [2.45, 2.75) is 202 Å². The van der Waals surface area contributed by atoms with E-state index in [9.17, 15) is 14.4 Å². The molecule has 6 aliphatic heterocycles. The fourth-order valence-corrected chi connectivity index (χ4v) is 19.6. The number of hydrogen-bond donors (Lipinski definition) is 3. The normalized spacial score (nSPS) is 25.3. The third kappa shape index (κ3) is 14.1. The number of nitrogens with one attached hydrogen (secondary N) is 3. The van der Waals surface area contributed by atoms with Gasteiger partial charge in [0, 0.05) is 175 Å². The summed E-state index contributed by atoms with van der Waals surface area (Å²) in [6.45, 7) is 14.7. The number of fused-ring (bicyclic) bond motifs is 12. The van der Waals surface area contributed by atoms with Crippen LogP contribution in [0.4, 0.5) is 40.9 Å². The summed E-state index contributed by atoms with van der Waals surface area (Å²) < 4.78 is 12.4. The van der Waals surface area contributed by atoms with E-state index in [-0.39, 0.29) is 34.0 Å². The van der Waals surface area contributed by atoms with Crippen LogP contribution in [0.5, 0.6) is 0 Å². The van der Waals surface area contributed by atoms with Crippen LogP contribution in [-0.4, -0.2) is 215 Å². The fourth-order valence-electron chi connectivity index (χ4n) is 19.6. The molecule has 24 nitrogen and oxygen atoms in total. The van der Waals surface area contributed by atoms with Gasteiger partial charge in [0.2, 0.25) is 17.8 Å². The Bertz CT molecular complexity index is 4380. The molecule has 0 atom stereocenters.